The highest BCUT2D eigenvalue weighted by Crippen LogP contribution is 2.26. The summed E-state index contributed by atoms with van der Waals surface area (Å²) < 4.78 is 26.5. The molecule has 130 valence electrons. The van der Waals surface area contributed by atoms with Gasteiger partial charge in [0.1, 0.15) is 0 Å². The van der Waals surface area contributed by atoms with Crippen molar-refractivity contribution in [1.82, 2.24) is 20.1 Å². The number of hydrogen-bond acceptors (Lipinski definition) is 5. The fourth-order valence-corrected chi connectivity index (χ4v) is 3.55. The van der Waals surface area contributed by atoms with Gasteiger partial charge in [0, 0.05) is 44.5 Å². The predicted molar refractivity (Wildman–Crippen MR) is 87.2 cm³/mol. The lowest BCUT2D eigenvalue weighted by Crippen LogP contribution is -2.45. The van der Waals surface area contributed by atoms with Crippen molar-refractivity contribution in [2.45, 2.75) is 31.4 Å². The highest BCUT2D eigenvalue weighted by molar-refractivity contribution is 7.07. The van der Waals surface area contributed by atoms with Gasteiger partial charge < -0.3 is 4.90 Å². The van der Waals surface area contributed by atoms with E-state index in [1.807, 2.05) is 10.9 Å². The van der Waals surface area contributed by atoms with E-state index in [2.05, 4.69) is 15.2 Å². The molecule has 1 amide bonds. The standard InChI is InChI=1S/C14H20F2N4OS.ClH/c15-14(16)6-12(17-9-14)13(21)20-3-1-2-19(4-5-20)7-11-8-22-10-18-11;/h8,10,12,17H,1-7,9H2;1H. The van der Waals surface area contributed by atoms with E-state index >= 15 is 0 Å². The number of thiazole rings is 1. The molecule has 0 aromatic carbocycles. The molecule has 3 rings (SSSR count). The summed E-state index contributed by atoms with van der Waals surface area (Å²) in [6.45, 7) is 3.27. The van der Waals surface area contributed by atoms with Crippen molar-refractivity contribution >= 4 is 29.7 Å². The second kappa shape index (κ2) is 7.83. The molecular formula is C14H21ClF2N4OS. The molecule has 2 aliphatic heterocycles. The van der Waals surface area contributed by atoms with Gasteiger partial charge in [-0.25, -0.2) is 13.8 Å². The van der Waals surface area contributed by atoms with Crippen LogP contribution in [0.2, 0.25) is 0 Å². The molecule has 1 atom stereocenters. The molecule has 0 radical (unpaired) electrons. The summed E-state index contributed by atoms with van der Waals surface area (Å²) in [7, 11) is 0. The van der Waals surface area contributed by atoms with Gasteiger partial charge >= 0.3 is 0 Å². The van der Waals surface area contributed by atoms with Crippen LogP contribution in [0, 0.1) is 0 Å². The van der Waals surface area contributed by atoms with Crippen molar-refractivity contribution in [2.24, 2.45) is 0 Å². The Bertz CT molecular complexity index is 517. The Hall–Kier alpha value is -0.830. The SMILES string of the molecule is Cl.O=C(C1CC(F)(F)CN1)N1CCCN(Cc2cscn2)CC1. The van der Waals surface area contributed by atoms with E-state index in [9.17, 15) is 13.6 Å². The first-order chi connectivity index (χ1) is 10.5. The van der Waals surface area contributed by atoms with Gasteiger partial charge in [0.25, 0.3) is 5.92 Å². The first kappa shape index (κ1) is 18.5. The van der Waals surface area contributed by atoms with Crippen LogP contribution in [0.5, 0.6) is 0 Å². The van der Waals surface area contributed by atoms with E-state index in [1.54, 1.807) is 16.2 Å². The van der Waals surface area contributed by atoms with Gasteiger partial charge in [-0.1, -0.05) is 0 Å². The number of aromatic nitrogens is 1. The van der Waals surface area contributed by atoms with Gasteiger partial charge in [-0.05, 0) is 6.42 Å². The molecule has 9 heteroatoms. The molecule has 0 saturated carbocycles. The topological polar surface area (TPSA) is 48.5 Å². The molecular weight excluding hydrogens is 346 g/mol. The molecule has 1 aromatic heterocycles. The molecule has 0 spiro atoms. The summed E-state index contributed by atoms with van der Waals surface area (Å²) in [4.78, 5) is 20.6. The first-order valence-corrected chi connectivity index (χ1v) is 8.47. The molecule has 1 unspecified atom stereocenters. The fraction of sp³-hybridized carbons (Fsp3) is 0.714. The second-order valence-electron chi connectivity index (χ2n) is 5.93. The monoisotopic (exact) mass is 366 g/mol. The highest BCUT2D eigenvalue weighted by Gasteiger charge is 2.43. The number of carbonyl (C=O) groups excluding carboxylic acids is 1. The van der Waals surface area contributed by atoms with Crippen molar-refractivity contribution in [3.63, 3.8) is 0 Å². The summed E-state index contributed by atoms with van der Waals surface area (Å²) >= 11 is 1.57. The van der Waals surface area contributed by atoms with Gasteiger partial charge in [0.05, 0.1) is 23.8 Å². The van der Waals surface area contributed by atoms with Crippen LogP contribution in [0.1, 0.15) is 18.5 Å². The number of carbonyl (C=O) groups is 1. The van der Waals surface area contributed by atoms with E-state index in [0.29, 0.717) is 13.1 Å². The third-order valence-corrected chi connectivity index (χ3v) is 4.81. The smallest absolute Gasteiger partial charge is 0.262 e. The van der Waals surface area contributed by atoms with Crippen LogP contribution in [-0.2, 0) is 11.3 Å². The second-order valence-corrected chi connectivity index (χ2v) is 6.65. The van der Waals surface area contributed by atoms with Gasteiger partial charge in [-0.3, -0.25) is 15.0 Å². The molecule has 2 saturated heterocycles. The normalized spacial score (nSPS) is 25.0. The quantitative estimate of drug-likeness (QED) is 0.882. The molecule has 2 fully saturated rings. The Morgan fingerprint density at radius 1 is 1.39 bits per heavy atom. The minimum atomic E-state index is -2.76. The van der Waals surface area contributed by atoms with Crippen LogP contribution in [0.4, 0.5) is 8.78 Å². The Morgan fingerprint density at radius 2 is 2.22 bits per heavy atom. The third kappa shape index (κ3) is 4.82. The van der Waals surface area contributed by atoms with Crippen LogP contribution >= 0.6 is 23.7 Å². The highest BCUT2D eigenvalue weighted by atomic mass is 35.5. The number of alkyl halides is 2. The van der Waals surface area contributed by atoms with Gasteiger partial charge in [0.15, 0.2) is 0 Å². The maximum Gasteiger partial charge on any atom is 0.262 e. The molecule has 0 bridgehead atoms. The van der Waals surface area contributed by atoms with E-state index in [-0.39, 0.29) is 24.7 Å². The average Bonchev–Trinajstić information content (AvgIpc) is 3.03. The van der Waals surface area contributed by atoms with Crippen molar-refractivity contribution < 1.29 is 13.6 Å². The lowest BCUT2D eigenvalue weighted by atomic mass is 10.1. The van der Waals surface area contributed by atoms with Crippen LogP contribution in [0.3, 0.4) is 0 Å². The Morgan fingerprint density at radius 3 is 2.87 bits per heavy atom. The summed E-state index contributed by atoms with van der Waals surface area (Å²) in [6, 6.07) is -0.736. The zero-order valence-corrected chi connectivity index (χ0v) is 14.3. The number of amides is 1. The molecule has 1 N–H and O–H groups in total. The van der Waals surface area contributed by atoms with E-state index < -0.39 is 18.5 Å². The largest absolute Gasteiger partial charge is 0.340 e. The van der Waals surface area contributed by atoms with Crippen molar-refractivity contribution in [3.8, 4) is 0 Å². The van der Waals surface area contributed by atoms with E-state index in [0.717, 1.165) is 31.7 Å². The van der Waals surface area contributed by atoms with E-state index in [1.165, 1.54) is 0 Å². The molecule has 23 heavy (non-hydrogen) atoms. The van der Waals surface area contributed by atoms with Crippen LogP contribution in [0.15, 0.2) is 10.9 Å². The predicted octanol–water partition coefficient (Wildman–Crippen LogP) is 1.60. The van der Waals surface area contributed by atoms with Gasteiger partial charge in [-0.2, -0.15) is 0 Å². The number of hydrogen-bond donors (Lipinski definition) is 1. The van der Waals surface area contributed by atoms with Gasteiger partial charge in [0.2, 0.25) is 5.91 Å². The molecule has 1 aromatic rings. The van der Waals surface area contributed by atoms with Crippen LogP contribution in [-0.4, -0.2) is 65.4 Å². The molecule has 0 aliphatic carbocycles. The van der Waals surface area contributed by atoms with E-state index in [4.69, 9.17) is 0 Å². The summed E-state index contributed by atoms with van der Waals surface area (Å²) in [5.41, 5.74) is 2.86. The van der Waals surface area contributed by atoms with Crippen LogP contribution < -0.4 is 5.32 Å². The minimum Gasteiger partial charge on any atom is -0.340 e. The Balaban J connectivity index is 0.00000192. The Labute approximate surface area is 144 Å². The Kier molecular flexibility index (Phi) is 6.30. The minimum absolute atomic E-state index is 0. The number of nitrogens with one attached hydrogen (secondary N) is 1. The molecule has 2 aliphatic rings. The maximum absolute atomic E-state index is 13.2. The number of nitrogens with zero attached hydrogens (tertiary/aromatic N) is 3. The third-order valence-electron chi connectivity index (χ3n) is 4.18. The zero-order valence-electron chi connectivity index (χ0n) is 12.7. The summed E-state index contributed by atoms with van der Waals surface area (Å²) in [5.74, 6) is -2.95. The number of halogens is 3. The molecule has 5 nitrogen and oxygen atoms in total. The lowest BCUT2D eigenvalue weighted by molar-refractivity contribution is -0.133. The zero-order chi connectivity index (χ0) is 15.6. The summed E-state index contributed by atoms with van der Waals surface area (Å²) in [5, 5.41) is 4.67. The summed E-state index contributed by atoms with van der Waals surface area (Å²) in [6.07, 6.45) is 0.476. The van der Waals surface area contributed by atoms with Crippen molar-refractivity contribution in [2.75, 3.05) is 32.7 Å². The molecule has 3 heterocycles. The van der Waals surface area contributed by atoms with Crippen LogP contribution in [0.25, 0.3) is 0 Å². The lowest BCUT2D eigenvalue weighted by Gasteiger charge is -2.24. The number of rotatable bonds is 3. The van der Waals surface area contributed by atoms with Crippen molar-refractivity contribution in [1.29, 1.82) is 0 Å². The van der Waals surface area contributed by atoms with Gasteiger partial charge in [-0.15, -0.1) is 23.7 Å². The van der Waals surface area contributed by atoms with Crippen molar-refractivity contribution in [3.05, 3.63) is 16.6 Å². The first-order valence-electron chi connectivity index (χ1n) is 7.53. The maximum atomic E-state index is 13.2. The average molecular weight is 367 g/mol. The fourth-order valence-electron chi connectivity index (χ4n) is 3.00.